The van der Waals surface area contributed by atoms with Gasteiger partial charge in [-0.05, 0) is 56.1 Å². The highest BCUT2D eigenvalue weighted by atomic mass is 35.5. The topological polar surface area (TPSA) is 112 Å². The Morgan fingerprint density at radius 3 is 2.40 bits per heavy atom. The molecule has 1 aromatic carbocycles. The normalized spacial score (nSPS) is 12.9. The Bertz CT molecular complexity index is 1260. The molecule has 0 fully saturated rings. The Kier molecular flexibility index (Phi) is 7.79. The number of aryl methyl sites for hydroxylation is 1. The summed E-state index contributed by atoms with van der Waals surface area (Å²) < 4.78 is 22.2. The van der Waals surface area contributed by atoms with E-state index < -0.39 is 0 Å². The predicted octanol–water partition coefficient (Wildman–Crippen LogP) is 4.87. The van der Waals surface area contributed by atoms with E-state index in [0.29, 0.717) is 39.7 Å². The van der Waals surface area contributed by atoms with Gasteiger partial charge in [0.05, 0.1) is 30.2 Å². The molecule has 3 aromatic heterocycles. The van der Waals surface area contributed by atoms with E-state index in [1.807, 2.05) is 48.7 Å². The molecular formula is C23H26ClN7O3S. The minimum Gasteiger partial charge on any atom is -0.494 e. The number of rotatable bonds is 10. The van der Waals surface area contributed by atoms with Gasteiger partial charge in [0.1, 0.15) is 29.0 Å². The monoisotopic (exact) mass is 515 g/mol. The summed E-state index contributed by atoms with van der Waals surface area (Å²) in [6.45, 7) is 3.96. The first-order valence-corrected chi connectivity index (χ1v) is 12.0. The fourth-order valence-corrected chi connectivity index (χ4v) is 4.54. The molecule has 4 rings (SSSR count). The molecule has 0 aliphatic rings. The highest BCUT2D eigenvalue weighted by molar-refractivity contribution is 8.01. The number of benzene rings is 1. The Balaban J connectivity index is 1.71. The van der Waals surface area contributed by atoms with Crippen LogP contribution in [0.1, 0.15) is 24.4 Å². The van der Waals surface area contributed by atoms with Crippen molar-refractivity contribution in [3.8, 4) is 28.7 Å². The van der Waals surface area contributed by atoms with Crippen LogP contribution in [0.15, 0.2) is 42.6 Å². The van der Waals surface area contributed by atoms with Gasteiger partial charge in [-0.1, -0.05) is 17.7 Å². The van der Waals surface area contributed by atoms with Crippen molar-refractivity contribution in [2.24, 2.45) is 0 Å². The standard InChI is InChI=1S/C23H26ClN7O3S/c1-13-11-17(27-26-13)22-28-29-23(31(22)20-18(32-3)7-6-8-19(20)33-4)30-35-14(2)21(34-5)16-10-9-15(24)12-25-16/h6-12,14,21H,1-5H3,(H,26,27)(H,29,30). The van der Waals surface area contributed by atoms with E-state index >= 15 is 0 Å². The third kappa shape index (κ3) is 5.21. The van der Waals surface area contributed by atoms with Crippen LogP contribution in [0.4, 0.5) is 5.95 Å². The molecule has 2 N–H and O–H groups in total. The lowest BCUT2D eigenvalue weighted by Crippen LogP contribution is -2.18. The fraction of sp³-hybridized carbons (Fsp3) is 0.304. The van der Waals surface area contributed by atoms with Gasteiger partial charge in [-0.25, -0.2) is 0 Å². The molecule has 184 valence electrons. The first kappa shape index (κ1) is 24.8. The van der Waals surface area contributed by atoms with Gasteiger partial charge >= 0.3 is 0 Å². The summed E-state index contributed by atoms with van der Waals surface area (Å²) in [4.78, 5) is 4.41. The van der Waals surface area contributed by atoms with Crippen molar-refractivity contribution in [1.82, 2.24) is 29.9 Å². The van der Waals surface area contributed by atoms with E-state index in [1.165, 1.54) is 11.9 Å². The highest BCUT2D eigenvalue weighted by Gasteiger charge is 2.26. The molecule has 0 aliphatic carbocycles. The van der Waals surface area contributed by atoms with Crippen molar-refractivity contribution in [3.05, 3.63) is 59.0 Å². The maximum absolute atomic E-state index is 5.99. The Morgan fingerprint density at radius 1 is 1.09 bits per heavy atom. The molecular weight excluding hydrogens is 490 g/mol. The number of aromatic nitrogens is 6. The van der Waals surface area contributed by atoms with Crippen LogP contribution in [-0.2, 0) is 4.74 Å². The molecule has 3 heterocycles. The van der Waals surface area contributed by atoms with Gasteiger partial charge < -0.3 is 14.2 Å². The summed E-state index contributed by atoms with van der Waals surface area (Å²) in [5.41, 5.74) is 2.96. The van der Waals surface area contributed by atoms with Crippen LogP contribution in [-0.4, -0.2) is 56.5 Å². The van der Waals surface area contributed by atoms with Crippen LogP contribution in [0.25, 0.3) is 17.2 Å². The number of pyridine rings is 1. The number of hydrogen-bond donors (Lipinski definition) is 2. The number of H-pyrrole nitrogens is 1. The largest absolute Gasteiger partial charge is 0.494 e. The van der Waals surface area contributed by atoms with Crippen molar-refractivity contribution in [1.29, 1.82) is 0 Å². The lowest BCUT2D eigenvalue weighted by atomic mass is 10.2. The number of halogens is 1. The lowest BCUT2D eigenvalue weighted by molar-refractivity contribution is 0.101. The molecule has 0 saturated carbocycles. The lowest BCUT2D eigenvalue weighted by Gasteiger charge is -2.22. The number of methoxy groups -OCH3 is 3. The van der Waals surface area contributed by atoms with Crippen LogP contribution in [0.5, 0.6) is 11.5 Å². The van der Waals surface area contributed by atoms with Crippen LogP contribution in [0, 0.1) is 6.92 Å². The predicted molar refractivity (Wildman–Crippen MR) is 136 cm³/mol. The van der Waals surface area contributed by atoms with Crippen LogP contribution in [0.3, 0.4) is 0 Å². The van der Waals surface area contributed by atoms with Crippen molar-refractivity contribution >= 4 is 29.5 Å². The third-order valence-electron chi connectivity index (χ3n) is 5.28. The molecule has 0 radical (unpaired) electrons. The maximum atomic E-state index is 5.99. The second kappa shape index (κ2) is 11.0. The van der Waals surface area contributed by atoms with E-state index in [2.05, 4.69) is 30.1 Å². The third-order valence-corrected chi connectivity index (χ3v) is 6.42. The van der Waals surface area contributed by atoms with Gasteiger partial charge in [0, 0.05) is 19.0 Å². The Morgan fingerprint density at radius 2 is 1.83 bits per heavy atom. The number of nitrogens with one attached hydrogen (secondary N) is 2. The van der Waals surface area contributed by atoms with Gasteiger partial charge in [-0.3, -0.25) is 19.4 Å². The highest BCUT2D eigenvalue weighted by Crippen LogP contribution is 2.38. The smallest absolute Gasteiger partial charge is 0.239 e. The SMILES string of the molecule is COc1cccc(OC)c1-n1c(NSC(C)C(OC)c2ccc(Cl)cn2)nnc1-c1cc(C)[nH]n1. The number of hydrogen-bond acceptors (Lipinski definition) is 9. The summed E-state index contributed by atoms with van der Waals surface area (Å²) >= 11 is 7.42. The van der Waals surface area contributed by atoms with E-state index in [1.54, 1.807) is 33.6 Å². The summed E-state index contributed by atoms with van der Waals surface area (Å²) in [6.07, 6.45) is 1.33. The van der Waals surface area contributed by atoms with Crippen molar-refractivity contribution in [3.63, 3.8) is 0 Å². The number of aromatic amines is 1. The number of para-hydroxylation sites is 1. The van der Waals surface area contributed by atoms with E-state index in [0.717, 1.165) is 11.4 Å². The van der Waals surface area contributed by atoms with Crippen LogP contribution in [0.2, 0.25) is 5.02 Å². The maximum Gasteiger partial charge on any atom is 0.239 e. The molecule has 0 saturated heterocycles. The van der Waals surface area contributed by atoms with Gasteiger partial charge in [0.15, 0.2) is 5.82 Å². The molecule has 35 heavy (non-hydrogen) atoms. The quantitative estimate of drug-likeness (QED) is 0.286. The molecule has 2 atom stereocenters. The summed E-state index contributed by atoms with van der Waals surface area (Å²) in [6, 6.07) is 11.1. The first-order valence-electron chi connectivity index (χ1n) is 10.7. The van der Waals surface area contributed by atoms with Gasteiger partial charge in [-0.15, -0.1) is 10.2 Å². The second-order valence-electron chi connectivity index (χ2n) is 7.61. The minimum absolute atomic E-state index is 0.0468. The van der Waals surface area contributed by atoms with Crippen LogP contribution >= 0.6 is 23.5 Å². The minimum atomic E-state index is -0.282. The summed E-state index contributed by atoms with van der Waals surface area (Å²) in [5.74, 6) is 2.19. The summed E-state index contributed by atoms with van der Waals surface area (Å²) in [5, 5.41) is 16.7. The molecule has 0 amide bonds. The molecule has 2 unspecified atom stereocenters. The number of ether oxygens (including phenoxy) is 3. The fourth-order valence-electron chi connectivity index (χ4n) is 3.63. The van der Waals surface area contributed by atoms with Gasteiger partial charge in [0.25, 0.3) is 0 Å². The Labute approximate surface area is 212 Å². The van der Waals surface area contributed by atoms with Gasteiger partial charge in [0.2, 0.25) is 5.95 Å². The van der Waals surface area contributed by atoms with Gasteiger partial charge in [-0.2, -0.15) is 5.10 Å². The average Bonchev–Trinajstić information content (AvgIpc) is 3.49. The zero-order valence-corrected chi connectivity index (χ0v) is 21.5. The van der Waals surface area contributed by atoms with Crippen molar-refractivity contribution in [2.45, 2.75) is 25.2 Å². The summed E-state index contributed by atoms with van der Waals surface area (Å²) in [7, 11) is 4.86. The molecule has 0 bridgehead atoms. The van der Waals surface area contributed by atoms with Crippen molar-refractivity contribution < 1.29 is 14.2 Å². The Hall–Kier alpha value is -3.28. The number of nitrogens with zero attached hydrogens (tertiary/aromatic N) is 5. The van der Waals surface area contributed by atoms with Crippen molar-refractivity contribution in [2.75, 3.05) is 26.1 Å². The second-order valence-corrected chi connectivity index (χ2v) is 9.23. The molecule has 10 nitrogen and oxygen atoms in total. The molecule has 4 aromatic rings. The molecule has 0 aliphatic heterocycles. The van der Waals surface area contributed by atoms with E-state index in [-0.39, 0.29) is 11.4 Å². The average molecular weight is 516 g/mol. The zero-order chi connectivity index (χ0) is 24.9. The van der Waals surface area contributed by atoms with E-state index in [9.17, 15) is 0 Å². The number of anilines is 1. The molecule has 12 heteroatoms. The zero-order valence-electron chi connectivity index (χ0n) is 19.9. The molecule has 0 spiro atoms. The van der Waals surface area contributed by atoms with E-state index in [4.69, 9.17) is 25.8 Å². The first-order chi connectivity index (χ1) is 17.0. The van der Waals surface area contributed by atoms with Crippen LogP contribution < -0.4 is 14.2 Å².